The number of H-pyrrole nitrogens is 1. The molecule has 1 aromatic carbocycles. The molecule has 2 aromatic rings. The molecule has 19 heavy (non-hydrogen) atoms. The summed E-state index contributed by atoms with van der Waals surface area (Å²) in [5.74, 6) is -1.59. The van der Waals surface area contributed by atoms with Crippen LogP contribution in [-0.2, 0) is 4.79 Å². The number of carboxylic acid groups (broad SMARTS) is 1. The fourth-order valence-corrected chi connectivity index (χ4v) is 1.92. The van der Waals surface area contributed by atoms with E-state index in [1.54, 1.807) is 18.2 Å². The standard InChI is InChI=1S/C13H11ClN2O3/c1-15-11(13(18)19)5-12(17)9-6-16-10-3-2-7(14)4-8(9)10/h2-6,15-16H,1H3,(H,18,19)/b11-5-. The summed E-state index contributed by atoms with van der Waals surface area (Å²) in [4.78, 5) is 25.8. The zero-order chi connectivity index (χ0) is 14.0. The largest absolute Gasteiger partial charge is 0.477 e. The van der Waals surface area contributed by atoms with Crippen molar-refractivity contribution in [3.63, 3.8) is 0 Å². The van der Waals surface area contributed by atoms with Crippen molar-refractivity contribution in [2.75, 3.05) is 7.05 Å². The van der Waals surface area contributed by atoms with E-state index in [0.29, 0.717) is 16.0 Å². The van der Waals surface area contributed by atoms with Crippen LogP contribution in [0.25, 0.3) is 10.9 Å². The predicted molar refractivity (Wildman–Crippen MR) is 72.4 cm³/mol. The van der Waals surface area contributed by atoms with Crippen LogP contribution in [0.5, 0.6) is 0 Å². The number of allylic oxidation sites excluding steroid dienone is 1. The summed E-state index contributed by atoms with van der Waals surface area (Å²) in [6.07, 6.45) is 2.58. The van der Waals surface area contributed by atoms with Crippen LogP contribution in [-0.4, -0.2) is 28.9 Å². The fourth-order valence-electron chi connectivity index (χ4n) is 1.75. The third kappa shape index (κ3) is 2.61. The Morgan fingerprint density at radius 1 is 1.42 bits per heavy atom. The minimum Gasteiger partial charge on any atom is -0.477 e. The number of benzene rings is 1. The second-order valence-electron chi connectivity index (χ2n) is 3.87. The van der Waals surface area contributed by atoms with Gasteiger partial charge in [0.05, 0.1) is 0 Å². The molecular weight excluding hydrogens is 268 g/mol. The van der Waals surface area contributed by atoms with Gasteiger partial charge in [-0.2, -0.15) is 0 Å². The predicted octanol–water partition coefficient (Wildman–Crippen LogP) is 2.19. The van der Waals surface area contributed by atoms with Gasteiger partial charge in [0.15, 0.2) is 5.78 Å². The number of nitrogens with one attached hydrogen (secondary N) is 2. The van der Waals surface area contributed by atoms with E-state index in [1.807, 2.05) is 0 Å². The molecule has 0 bridgehead atoms. The van der Waals surface area contributed by atoms with Crippen LogP contribution in [0.3, 0.4) is 0 Å². The van der Waals surface area contributed by atoms with Gasteiger partial charge in [0.2, 0.25) is 0 Å². The van der Waals surface area contributed by atoms with Gasteiger partial charge < -0.3 is 15.4 Å². The van der Waals surface area contributed by atoms with E-state index in [-0.39, 0.29) is 5.70 Å². The molecule has 0 atom stereocenters. The number of carbonyl (C=O) groups is 2. The van der Waals surface area contributed by atoms with Gasteiger partial charge in [-0.3, -0.25) is 4.79 Å². The van der Waals surface area contributed by atoms with Crippen molar-refractivity contribution >= 4 is 34.3 Å². The maximum atomic E-state index is 12.1. The molecular formula is C13H11ClN2O3. The molecule has 5 nitrogen and oxygen atoms in total. The number of halogens is 1. The van der Waals surface area contributed by atoms with Crippen molar-refractivity contribution in [2.45, 2.75) is 0 Å². The molecule has 0 saturated heterocycles. The first-order chi connectivity index (χ1) is 9.02. The summed E-state index contributed by atoms with van der Waals surface area (Å²) in [7, 11) is 1.44. The molecule has 3 N–H and O–H groups in total. The first-order valence-corrected chi connectivity index (χ1v) is 5.84. The third-order valence-electron chi connectivity index (χ3n) is 2.68. The number of aliphatic carboxylic acids is 1. The summed E-state index contributed by atoms with van der Waals surface area (Å²) in [5.41, 5.74) is 0.982. The highest BCUT2D eigenvalue weighted by Crippen LogP contribution is 2.23. The summed E-state index contributed by atoms with van der Waals surface area (Å²) in [5, 5.41) is 12.5. The Kier molecular flexibility index (Phi) is 3.57. The first kappa shape index (κ1) is 13.2. The number of fused-ring (bicyclic) bond motifs is 1. The maximum absolute atomic E-state index is 12.1. The molecule has 98 valence electrons. The molecule has 0 saturated carbocycles. The van der Waals surface area contributed by atoms with E-state index < -0.39 is 11.8 Å². The van der Waals surface area contributed by atoms with E-state index in [1.165, 1.54) is 13.2 Å². The average Bonchev–Trinajstić information content (AvgIpc) is 2.78. The van der Waals surface area contributed by atoms with Crippen LogP contribution in [0.1, 0.15) is 10.4 Å². The topological polar surface area (TPSA) is 82.2 Å². The molecule has 0 aliphatic rings. The summed E-state index contributed by atoms with van der Waals surface area (Å²) in [6.45, 7) is 0. The average molecular weight is 279 g/mol. The quantitative estimate of drug-likeness (QED) is 0.591. The fraction of sp³-hybridized carbons (Fsp3) is 0.0769. The zero-order valence-electron chi connectivity index (χ0n) is 10.0. The van der Waals surface area contributed by atoms with Crippen molar-refractivity contribution in [2.24, 2.45) is 0 Å². The molecule has 1 aromatic heterocycles. The second-order valence-corrected chi connectivity index (χ2v) is 4.31. The van der Waals surface area contributed by atoms with Gasteiger partial charge in [0.25, 0.3) is 0 Å². The maximum Gasteiger partial charge on any atom is 0.352 e. The van der Waals surface area contributed by atoms with Gasteiger partial charge in [-0.15, -0.1) is 0 Å². The zero-order valence-corrected chi connectivity index (χ0v) is 10.8. The molecule has 1 heterocycles. The van der Waals surface area contributed by atoms with Crippen LogP contribution in [0, 0.1) is 0 Å². The van der Waals surface area contributed by atoms with Crippen molar-refractivity contribution in [1.29, 1.82) is 0 Å². The minimum atomic E-state index is -1.19. The van der Waals surface area contributed by atoms with Gasteiger partial charge in [0.1, 0.15) is 5.70 Å². The van der Waals surface area contributed by atoms with Crippen LogP contribution < -0.4 is 5.32 Å². The van der Waals surface area contributed by atoms with E-state index in [2.05, 4.69) is 10.3 Å². The van der Waals surface area contributed by atoms with E-state index >= 15 is 0 Å². The first-order valence-electron chi connectivity index (χ1n) is 5.46. The van der Waals surface area contributed by atoms with Gasteiger partial charge in [-0.25, -0.2) is 4.79 Å². The second kappa shape index (κ2) is 5.16. The molecule has 0 aliphatic heterocycles. The minimum absolute atomic E-state index is 0.165. The van der Waals surface area contributed by atoms with Crippen LogP contribution in [0.4, 0.5) is 0 Å². The Morgan fingerprint density at radius 3 is 2.79 bits per heavy atom. The number of aromatic nitrogens is 1. The van der Waals surface area contributed by atoms with Crippen molar-refractivity contribution in [3.8, 4) is 0 Å². The number of hydrogen-bond acceptors (Lipinski definition) is 3. The number of ketones is 1. The normalized spacial score (nSPS) is 11.6. The Balaban J connectivity index is 2.47. The van der Waals surface area contributed by atoms with E-state index in [9.17, 15) is 9.59 Å². The Labute approximate surface area is 113 Å². The highest BCUT2D eigenvalue weighted by Gasteiger charge is 2.13. The number of aromatic amines is 1. The van der Waals surface area contributed by atoms with Crippen molar-refractivity contribution in [1.82, 2.24) is 10.3 Å². The highest BCUT2D eigenvalue weighted by molar-refractivity contribution is 6.31. The van der Waals surface area contributed by atoms with Gasteiger partial charge >= 0.3 is 5.97 Å². The molecule has 0 radical (unpaired) electrons. The summed E-state index contributed by atoms with van der Waals surface area (Å²) < 4.78 is 0. The molecule has 0 aliphatic carbocycles. The van der Waals surface area contributed by atoms with Crippen LogP contribution in [0.15, 0.2) is 36.2 Å². The lowest BCUT2D eigenvalue weighted by molar-refractivity contribution is -0.133. The van der Waals surface area contributed by atoms with Gasteiger partial charge in [-0.05, 0) is 18.2 Å². The summed E-state index contributed by atoms with van der Waals surface area (Å²) in [6, 6.07) is 5.13. The van der Waals surface area contributed by atoms with Crippen molar-refractivity contribution in [3.05, 3.63) is 46.8 Å². The Bertz CT molecular complexity index is 688. The van der Waals surface area contributed by atoms with Crippen molar-refractivity contribution < 1.29 is 14.7 Å². The Hall–Kier alpha value is -2.27. The lowest BCUT2D eigenvalue weighted by Gasteiger charge is -2.00. The smallest absolute Gasteiger partial charge is 0.352 e. The van der Waals surface area contributed by atoms with E-state index in [4.69, 9.17) is 16.7 Å². The number of likely N-dealkylation sites (N-methyl/N-ethyl adjacent to an activating group) is 1. The molecule has 2 rings (SSSR count). The van der Waals surface area contributed by atoms with Crippen LogP contribution >= 0.6 is 11.6 Å². The van der Waals surface area contributed by atoms with E-state index in [0.717, 1.165) is 11.6 Å². The SMILES string of the molecule is CN/C(=C\C(=O)c1c[nH]c2ccc(Cl)cc12)C(=O)O. The molecule has 6 heteroatoms. The highest BCUT2D eigenvalue weighted by atomic mass is 35.5. The monoisotopic (exact) mass is 278 g/mol. The van der Waals surface area contributed by atoms with Gasteiger partial charge in [-0.1, -0.05) is 11.6 Å². The summed E-state index contributed by atoms with van der Waals surface area (Å²) >= 11 is 5.89. The van der Waals surface area contributed by atoms with Crippen LogP contribution in [0.2, 0.25) is 5.02 Å². The van der Waals surface area contributed by atoms with Gasteiger partial charge in [0, 0.05) is 40.8 Å². The number of carboxylic acids is 1. The lowest BCUT2D eigenvalue weighted by atomic mass is 10.1. The number of hydrogen-bond donors (Lipinski definition) is 3. The molecule has 0 unspecified atom stereocenters. The Morgan fingerprint density at radius 2 is 2.16 bits per heavy atom. The number of carbonyl (C=O) groups excluding carboxylic acids is 1. The molecule has 0 amide bonds. The molecule has 0 fully saturated rings. The lowest BCUT2D eigenvalue weighted by Crippen LogP contribution is -2.17. The molecule has 0 spiro atoms. The number of rotatable bonds is 4. The third-order valence-corrected chi connectivity index (χ3v) is 2.92.